The normalized spacial score (nSPS) is 18.8. The van der Waals surface area contributed by atoms with Crippen LogP contribution in [0.5, 0.6) is 0 Å². The van der Waals surface area contributed by atoms with Crippen LogP contribution in [0.3, 0.4) is 0 Å². The zero-order valence-electron chi connectivity index (χ0n) is 8.89. The molecule has 1 aromatic heterocycles. The highest BCUT2D eigenvalue weighted by molar-refractivity contribution is 7.87. The average Bonchev–Trinajstić information content (AvgIpc) is 2.81. The van der Waals surface area contributed by atoms with Crippen LogP contribution < -0.4 is 4.72 Å². The topological polar surface area (TPSA) is 91.0 Å². The van der Waals surface area contributed by atoms with Gasteiger partial charge in [0.1, 0.15) is 12.2 Å². The molecule has 16 heavy (non-hydrogen) atoms. The molecule has 0 aliphatic carbocycles. The van der Waals surface area contributed by atoms with Gasteiger partial charge in [0.25, 0.3) is 10.2 Å². The maximum Gasteiger partial charge on any atom is 0.279 e. The van der Waals surface area contributed by atoms with E-state index in [1.807, 2.05) is 0 Å². The van der Waals surface area contributed by atoms with E-state index in [9.17, 15) is 8.42 Å². The van der Waals surface area contributed by atoms with Crippen molar-refractivity contribution in [2.75, 3.05) is 13.1 Å². The molecule has 1 saturated heterocycles. The molecule has 0 spiro atoms. The monoisotopic (exact) mass is 245 g/mol. The predicted molar refractivity (Wildman–Crippen MR) is 57.6 cm³/mol. The van der Waals surface area contributed by atoms with Crippen molar-refractivity contribution in [3.63, 3.8) is 0 Å². The minimum absolute atomic E-state index is 0.152. The minimum atomic E-state index is -3.36. The number of rotatable bonds is 4. The first kappa shape index (κ1) is 11.5. The van der Waals surface area contributed by atoms with Gasteiger partial charge in [0.05, 0.1) is 6.54 Å². The third kappa shape index (κ3) is 2.77. The lowest BCUT2D eigenvalue weighted by Gasteiger charge is -2.25. The second-order valence-electron chi connectivity index (χ2n) is 3.72. The molecule has 2 rings (SSSR count). The highest BCUT2D eigenvalue weighted by Crippen LogP contribution is 2.11. The summed E-state index contributed by atoms with van der Waals surface area (Å²) in [6.45, 7) is 1.36. The first-order chi connectivity index (χ1) is 7.68. The van der Waals surface area contributed by atoms with Crippen LogP contribution >= 0.6 is 0 Å². The Kier molecular flexibility index (Phi) is 3.52. The van der Waals surface area contributed by atoms with Crippen LogP contribution in [-0.4, -0.2) is 41.0 Å². The first-order valence-electron chi connectivity index (χ1n) is 5.27. The van der Waals surface area contributed by atoms with Crippen molar-refractivity contribution in [2.24, 2.45) is 0 Å². The summed E-state index contributed by atoms with van der Waals surface area (Å²) >= 11 is 0. The summed E-state index contributed by atoms with van der Waals surface area (Å²) in [7, 11) is -3.36. The largest absolute Gasteiger partial charge is 0.279 e. The van der Waals surface area contributed by atoms with E-state index in [4.69, 9.17) is 0 Å². The van der Waals surface area contributed by atoms with E-state index < -0.39 is 10.2 Å². The van der Waals surface area contributed by atoms with Gasteiger partial charge in [0, 0.05) is 13.1 Å². The third-order valence-electron chi connectivity index (χ3n) is 2.54. The lowest BCUT2D eigenvalue weighted by molar-refractivity contribution is 0.341. The molecule has 0 radical (unpaired) electrons. The Labute approximate surface area is 94.4 Å². The van der Waals surface area contributed by atoms with E-state index in [1.165, 1.54) is 10.6 Å². The Hall–Kier alpha value is -0.990. The average molecular weight is 245 g/mol. The van der Waals surface area contributed by atoms with Crippen LogP contribution in [0, 0.1) is 0 Å². The van der Waals surface area contributed by atoms with Crippen LogP contribution in [0.1, 0.15) is 25.1 Å². The SMILES string of the molecule is O=S(=O)(NCc1ncn[nH]1)N1CCCCC1. The molecular formula is C8H15N5O2S. The van der Waals surface area contributed by atoms with Crippen LogP contribution in [-0.2, 0) is 16.8 Å². The number of aromatic nitrogens is 3. The lowest BCUT2D eigenvalue weighted by Crippen LogP contribution is -2.43. The fourth-order valence-corrected chi connectivity index (χ4v) is 2.91. The molecule has 1 aliphatic rings. The number of hydrogen-bond acceptors (Lipinski definition) is 4. The maximum atomic E-state index is 11.8. The van der Waals surface area contributed by atoms with Crippen molar-refractivity contribution in [3.05, 3.63) is 12.2 Å². The van der Waals surface area contributed by atoms with Crippen molar-refractivity contribution in [2.45, 2.75) is 25.8 Å². The molecule has 1 aromatic rings. The smallest absolute Gasteiger partial charge is 0.262 e. The zero-order chi connectivity index (χ0) is 11.4. The highest BCUT2D eigenvalue weighted by Gasteiger charge is 2.23. The second-order valence-corrected chi connectivity index (χ2v) is 5.47. The quantitative estimate of drug-likeness (QED) is 0.757. The Morgan fingerprint density at radius 1 is 1.38 bits per heavy atom. The van der Waals surface area contributed by atoms with Gasteiger partial charge in [-0.15, -0.1) is 0 Å². The summed E-state index contributed by atoms with van der Waals surface area (Å²) in [6, 6.07) is 0. The number of H-pyrrole nitrogens is 1. The van der Waals surface area contributed by atoms with E-state index in [0.717, 1.165) is 19.3 Å². The molecule has 2 N–H and O–H groups in total. The fraction of sp³-hybridized carbons (Fsp3) is 0.750. The van der Waals surface area contributed by atoms with E-state index in [-0.39, 0.29) is 6.54 Å². The molecule has 0 unspecified atom stereocenters. The summed E-state index contributed by atoms with van der Waals surface area (Å²) in [4.78, 5) is 3.85. The number of nitrogens with zero attached hydrogens (tertiary/aromatic N) is 3. The molecule has 0 amide bonds. The Morgan fingerprint density at radius 3 is 2.75 bits per heavy atom. The van der Waals surface area contributed by atoms with Gasteiger partial charge < -0.3 is 0 Å². The van der Waals surface area contributed by atoms with Crippen molar-refractivity contribution >= 4 is 10.2 Å². The van der Waals surface area contributed by atoms with Gasteiger partial charge in [-0.25, -0.2) is 4.98 Å². The van der Waals surface area contributed by atoms with Gasteiger partial charge in [-0.05, 0) is 12.8 Å². The Balaban J connectivity index is 1.91. The van der Waals surface area contributed by atoms with E-state index in [2.05, 4.69) is 19.9 Å². The molecule has 0 bridgehead atoms. The van der Waals surface area contributed by atoms with Gasteiger partial charge in [-0.1, -0.05) is 6.42 Å². The van der Waals surface area contributed by atoms with Gasteiger partial charge in [-0.2, -0.15) is 22.5 Å². The van der Waals surface area contributed by atoms with Crippen LogP contribution in [0.4, 0.5) is 0 Å². The number of hydrogen-bond donors (Lipinski definition) is 2. The van der Waals surface area contributed by atoms with Crippen LogP contribution in [0.2, 0.25) is 0 Å². The van der Waals surface area contributed by atoms with E-state index in [0.29, 0.717) is 18.9 Å². The molecule has 7 nitrogen and oxygen atoms in total. The standard InChI is InChI=1S/C8H15N5O2S/c14-16(15,13-4-2-1-3-5-13)11-6-8-9-7-10-12-8/h7,11H,1-6H2,(H,9,10,12). The number of piperidine rings is 1. The molecule has 0 aromatic carbocycles. The summed E-state index contributed by atoms with van der Waals surface area (Å²) in [5.41, 5.74) is 0. The van der Waals surface area contributed by atoms with Crippen molar-refractivity contribution in [1.29, 1.82) is 0 Å². The minimum Gasteiger partial charge on any atom is -0.262 e. The third-order valence-corrected chi connectivity index (χ3v) is 4.10. The number of nitrogens with one attached hydrogen (secondary N) is 2. The predicted octanol–water partition coefficient (Wildman–Crippen LogP) is -0.375. The van der Waals surface area contributed by atoms with Crippen molar-refractivity contribution < 1.29 is 8.42 Å². The maximum absolute atomic E-state index is 11.8. The summed E-state index contributed by atoms with van der Waals surface area (Å²) in [6.07, 6.45) is 4.32. The molecule has 1 fully saturated rings. The molecule has 0 saturated carbocycles. The van der Waals surface area contributed by atoms with Gasteiger partial charge in [0.15, 0.2) is 0 Å². The molecule has 1 aliphatic heterocycles. The van der Waals surface area contributed by atoms with Crippen LogP contribution in [0.15, 0.2) is 6.33 Å². The van der Waals surface area contributed by atoms with E-state index >= 15 is 0 Å². The molecule has 0 atom stereocenters. The highest BCUT2D eigenvalue weighted by atomic mass is 32.2. The second kappa shape index (κ2) is 4.89. The molecule has 8 heteroatoms. The molecule has 90 valence electrons. The van der Waals surface area contributed by atoms with Gasteiger partial charge in [-0.3, -0.25) is 5.10 Å². The summed E-state index contributed by atoms with van der Waals surface area (Å²) < 4.78 is 27.6. The molecular weight excluding hydrogens is 230 g/mol. The Bertz CT molecular complexity index is 410. The first-order valence-corrected chi connectivity index (χ1v) is 6.71. The van der Waals surface area contributed by atoms with Gasteiger partial charge >= 0.3 is 0 Å². The zero-order valence-corrected chi connectivity index (χ0v) is 9.70. The Morgan fingerprint density at radius 2 is 2.12 bits per heavy atom. The van der Waals surface area contributed by atoms with Crippen molar-refractivity contribution in [3.8, 4) is 0 Å². The van der Waals surface area contributed by atoms with Crippen molar-refractivity contribution in [1.82, 2.24) is 24.2 Å². The molecule has 2 heterocycles. The number of aromatic amines is 1. The summed E-state index contributed by atoms with van der Waals surface area (Å²) in [5, 5.41) is 6.26. The summed E-state index contributed by atoms with van der Waals surface area (Å²) in [5.74, 6) is 0.514. The van der Waals surface area contributed by atoms with E-state index in [1.54, 1.807) is 0 Å². The van der Waals surface area contributed by atoms with Gasteiger partial charge in [0.2, 0.25) is 0 Å². The van der Waals surface area contributed by atoms with Crippen LogP contribution in [0.25, 0.3) is 0 Å². The lowest BCUT2D eigenvalue weighted by atomic mass is 10.2. The fourth-order valence-electron chi connectivity index (χ4n) is 1.67.